The van der Waals surface area contributed by atoms with Gasteiger partial charge in [0.15, 0.2) is 0 Å². The topological polar surface area (TPSA) is 59.0 Å². The maximum Gasteiger partial charge on any atom is 0.233 e. The summed E-state index contributed by atoms with van der Waals surface area (Å²) in [5.74, 6) is 2.36. The Morgan fingerprint density at radius 3 is 3.12 bits per heavy atom. The lowest BCUT2D eigenvalue weighted by molar-refractivity contribution is -0.120. The highest BCUT2D eigenvalue weighted by Crippen LogP contribution is 1.95. The van der Waals surface area contributed by atoms with E-state index in [1.165, 1.54) is 0 Å². The lowest BCUT2D eigenvalue weighted by atomic mass is 10.2. The van der Waals surface area contributed by atoms with Crippen molar-refractivity contribution in [2.24, 2.45) is 7.05 Å². The van der Waals surface area contributed by atoms with E-state index in [0.29, 0.717) is 13.1 Å². The first-order valence-electron chi connectivity index (χ1n) is 5.11. The van der Waals surface area contributed by atoms with Gasteiger partial charge in [-0.1, -0.05) is 5.92 Å². The molecular formula is C11H16N4O. The number of amides is 1. The summed E-state index contributed by atoms with van der Waals surface area (Å²) >= 11 is 0. The molecule has 0 radical (unpaired) electrons. The SMILES string of the molecule is C#CCNCC(=O)NCCc1cnn(C)c1. The zero-order valence-electron chi connectivity index (χ0n) is 9.36. The third kappa shape index (κ3) is 4.62. The van der Waals surface area contributed by atoms with E-state index in [1.807, 2.05) is 13.2 Å². The third-order valence-electron chi connectivity index (χ3n) is 2.01. The molecule has 0 spiro atoms. The van der Waals surface area contributed by atoms with Gasteiger partial charge in [0.05, 0.1) is 19.3 Å². The zero-order valence-corrected chi connectivity index (χ0v) is 9.36. The largest absolute Gasteiger partial charge is 0.355 e. The molecule has 1 aromatic rings. The fourth-order valence-corrected chi connectivity index (χ4v) is 1.26. The molecule has 0 bridgehead atoms. The first-order chi connectivity index (χ1) is 7.72. The minimum atomic E-state index is -0.0425. The number of hydrogen-bond donors (Lipinski definition) is 2. The summed E-state index contributed by atoms with van der Waals surface area (Å²) in [6.07, 6.45) is 9.55. The number of aryl methyl sites for hydroxylation is 1. The molecule has 0 aliphatic heterocycles. The van der Waals surface area contributed by atoms with Crippen molar-refractivity contribution in [3.05, 3.63) is 18.0 Å². The molecule has 86 valence electrons. The van der Waals surface area contributed by atoms with E-state index < -0.39 is 0 Å². The number of rotatable bonds is 6. The van der Waals surface area contributed by atoms with Crippen LogP contribution >= 0.6 is 0 Å². The van der Waals surface area contributed by atoms with Gasteiger partial charge in [-0.05, 0) is 12.0 Å². The van der Waals surface area contributed by atoms with Crippen molar-refractivity contribution in [2.75, 3.05) is 19.6 Å². The summed E-state index contributed by atoms with van der Waals surface area (Å²) in [6.45, 7) is 1.29. The second-order valence-electron chi connectivity index (χ2n) is 3.43. The molecule has 0 aromatic carbocycles. The summed E-state index contributed by atoms with van der Waals surface area (Å²) in [4.78, 5) is 11.3. The smallest absolute Gasteiger partial charge is 0.233 e. The van der Waals surface area contributed by atoms with E-state index in [1.54, 1.807) is 10.9 Å². The van der Waals surface area contributed by atoms with E-state index in [9.17, 15) is 4.79 Å². The van der Waals surface area contributed by atoms with E-state index in [2.05, 4.69) is 21.7 Å². The normalized spacial score (nSPS) is 9.75. The Morgan fingerprint density at radius 1 is 1.69 bits per heavy atom. The maximum atomic E-state index is 11.3. The number of nitrogens with one attached hydrogen (secondary N) is 2. The Labute approximate surface area is 95.2 Å². The number of nitrogens with zero attached hydrogens (tertiary/aromatic N) is 2. The highest BCUT2D eigenvalue weighted by atomic mass is 16.1. The van der Waals surface area contributed by atoms with Crippen LogP contribution in [0.3, 0.4) is 0 Å². The van der Waals surface area contributed by atoms with E-state index in [4.69, 9.17) is 6.42 Å². The lowest BCUT2D eigenvalue weighted by Crippen LogP contribution is -2.35. The van der Waals surface area contributed by atoms with Crippen LogP contribution in [-0.4, -0.2) is 35.3 Å². The molecule has 0 fully saturated rings. The molecule has 1 amide bonds. The van der Waals surface area contributed by atoms with Gasteiger partial charge in [0, 0.05) is 19.8 Å². The Hall–Kier alpha value is -1.80. The third-order valence-corrected chi connectivity index (χ3v) is 2.01. The minimum absolute atomic E-state index is 0.0425. The van der Waals surface area contributed by atoms with E-state index in [-0.39, 0.29) is 12.5 Å². The van der Waals surface area contributed by atoms with Crippen LogP contribution in [0.5, 0.6) is 0 Å². The van der Waals surface area contributed by atoms with Crippen LogP contribution in [0.2, 0.25) is 0 Å². The Balaban J connectivity index is 2.11. The van der Waals surface area contributed by atoms with Gasteiger partial charge in [0.25, 0.3) is 0 Å². The molecule has 1 rings (SSSR count). The predicted molar refractivity (Wildman–Crippen MR) is 61.6 cm³/mol. The Bertz CT molecular complexity index is 378. The van der Waals surface area contributed by atoms with Crippen molar-refractivity contribution >= 4 is 5.91 Å². The number of hydrogen-bond acceptors (Lipinski definition) is 3. The molecular weight excluding hydrogens is 204 g/mol. The van der Waals surface area contributed by atoms with Gasteiger partial charge in [-0.25, -0.2) is 0 Å². The average molecular weight is 220 g/mol. The summed E-state index contributed by atoms with van der Waals surface area (Å²) in [5.41, 5.74) is 1.11. The fourth-order valence-electron chi connectivity index (χ4n) is 1.26. The first kappa shape index (κ1) is 12.3. The molecule has 5 nitrogen and oxygen atoms in total. The first-order valence-corrected chi connectivity index (χ1v) is 5.11. The van der Waals surface area contributed by atoms with Crippen molar-refractivity contribution in [3.63, 3.8) is 0 Å². The molecule has 0 saturated heterocycles. The number of terminal acetylenes is 1. The summed E-state index contributed by atoms with van der Waals surface area (Å²) in [7, 11) is 1.87. The number of carbonyl (C=O) groups is 1. The molecule has 0 unspecified atom stereocenters. The van der Waals surface area contributed by atoms with Crippen molar-refractivity contribution in [3.8, 4) is 12.3 Å². The molecule has 5 heteroatoms. The quantitative estimate of drug-likeness (QED) is 0.492. The molecule has 16 heavy (non-hydrogen) atoms. The summed E-state index contributed by atoms with van der Waals surface area (Å²) < 4.78 is 1.74. The summed E-state index contributed by atoms with van der Waals surface area (Å²) in [5, 5.41) is 9.66. The van der Waals surface area contributed by atoms with Crippen LogP contribution < -0.4 is 10.6 Å². The number of aromatic nitrogens is 2. The predicted octanol–water partition coefficient (Wildman–Crippen LogP) is -0.698. The van der Waals surface area contributed by atoms with Gasteiger partial charge in [0.2, 0.25) is 5.91 Å². The van der Waals surface area contributed by atoms with Crippen LogP contribution in [-0.2, 0) is 18.3 Å². The van der Waals surface area contributed by atoms with Gasteiger partial charge in [-0.15, -0.1) is 6.42 Å². The monoisotopic (exact) mass is 220 g/mol. The molecule has 0 atom stereocenters. The van der Waals surface area contributed by atoms with Crippen LogP contribution in [0.25, 0.3) is 0 Å². The molecule has 0 aliphatic rings. The van der Waals surface area contributed by atoms with Crippen molar-refractivity contribution < 1.29 is 4.79 Å². The van der Waals surface area contributed by atoms with Crippen LogP contribution in [0.15, 0.2) is 12.4 Å². The Morgan fingerprint density at radius 2 is 2.50 bits per heavy atom. The van der Waals surface area contributed by atoms with Crippen molar-refractivity contribution in [1.29, 1.82) is 0 Å². The highest BCUT2D eigenvalue weighted by Gasteiger charge is 2.00. The lowest BCUT2D eigenvalue weighted by Gasteiger charge is -2.03. The second kappa shape index (κ2) is 6.64. The highest BCUT2D eigenvalue weighted by molar-refractivity contribution is 5.77. The van der Waals surface area contributed by atoms with Gasteiger partial charge >= 0.3 is 0 Å². The van der Waals surface area contributed by atoms with Crippen LogP contribution in [0.1, 0.15) is 5.56 Å². The fraction of sp³-hybridized carbons (Fsp3) is 0.455. The average Bonchev–Trinajstić information content (AvgIpc) is 2.65. The van der Waals surface area contributed by atoms with Gasteiger partial charge < -0.3 is 5.32 Å². The standard InChI is InChI=1S/C11H16N4O/c1-3-5-12-8-11(16)13-6-4-10-7-14-15(2)9-10/h1,7,9,12H,4-6,8H2,2H3,(H,13,16). The number of carbonyl (C=O) groups excluding carboxylic acids is 1. The van der Waals surface area contributed by atoms with E-state index >= 15 is 0 Å². The minimum Gasteiger partial charge on any atom is -0.355 e. The molecule has 1 heterocycles. The molecule has 0 saturated carbocycles. The van der Waals surface area contributed by atoms with Gasteiger partial charge in [-0.2, -0.15) is 5.10 Å². The summed E-state index contributed by atoms with van der Waals surface area (Å²) in [6, 6.07) is 0. The maximum absolute atomic E-state index is 11.3. The second-order valence-corrected chi connectivity index (χ2v) is 3.43. The van der Waals surface area contributed by atoms with E-state index in [0.717, 1.165) is 12.0 Å². The molecule has 1 aromatic heterocycles. The van der Waals surface area contributed by atoms with Crippen LogP contribution in [0.4, 0.5) is 0 Å². The molecule has 2 N–H and O–H groups in total. The van der Waals surface area contributed by atoms with Gasteiger partial charge in [0.1, 0.15) is 0 Å². The Kier molecular flexibility index (Phi) is 5.09. The van der Waals surface area contributed by atoms with Crippen LogP contribution in [0, 0.1) is 12.3 Å². The molecule has 0 aliphatic carbocycles. The van der Waals surface area contributed by atoms with Gasteiger partial charge in [-0.3, -0.25) is 14.8 Å². The van der Waals surface area contributed by atoms with Crippen molar-refractivity contribution in [2.45, 2.75) is 6.42 Å². The zero-order chi connectivity index (χ0) is 11.8. The van der Waals surface area contributed by atoms with Crippen molar-refractivity contribution in [1.82, 2.24) is 20.4 Å².